The first-order valence-corrected chi connectivity index (χ1v) is 9.32. The number of hydrogen-bond donors (Lipinski definition) is 1. The fourth-order valence-electron chi connectivity index (χ4n) is 3.86. The van der Waals surface area contributed by atoms with Gasteiger partial charge in [0, 0.05) is 69.7 Å². The lowest BCUT2D eigenvalue weighted by molar-refractivity contribution is 0.0773. The van der Waals surface area contributed by atoms with E-state index in [0.717, 1.165) is 64.3 Å². The second-order valence-electron chi connectivity index (χ2n) is 6.70. The maximum Gasteiger partial charge on any atom is 0.253 e. The predicted molar refractivity (Wildman–Crippen MR) is 98.8 cm³/mol. The maximum atomic E-state index is 12.8. The van der Waals surface area contributed by atoms with Gasteiger partial charge in [-0.1, -0.05) is 0 Å². The molecule has 0 aromatic heterocycles. The summed E-state index contributed by atoms with van der Waals surface area (Å²) >= 11 is 0. The summed E-state index contributed by atoms with van der Waals surface area (Å²) in [5, 5.41) is 3.40. The van der Waals surface area contributed by atoms with Crippen LogP contribution in [0.15, 0.2) is 24.3 Å². The summed E-state index contributed by atoms with van der Waals surface area (Å²) in [6, 6.07) is 8.64. The number of piperazine rings is 1. The van der Waals surface area contributed by atoms with Gasteiger partial charge in [-0.05, 0) is 44.5 Å². The van der Waals surface area contributed by atoms with Gasteiger partial charge in [-0.25, -0.2) is 0 Å². The van der Waals surface area contributed by atoms with E-state index in [-0.39, 0.29) is 5.91 Å². The molecule has 2 aliphatic rings. The van der Waals surface area contributed by atoms with Crippen LogP contribution in [0.3, 0.4) is 0 Å². The summed E-state index contributed by atoms with van der Waals surface area (Å²) < 4.78 is 0. The van der Waals surface area contributed by atoms with Gasteiger partial charge >= 0.3 is 0 Å². The number of nitrogens with one attached hydrogen (secondary N) is 1. The molecule has 3 rings (SSSR count). The molecule has 2 heterocycles. The lowest BCUT2D eigenvalue weighted by Gasteiger charge is -2.32. The quantitative estimate of drug-likeness (QED) is 0.891. The molecule has 1 aromatic rings. The van der Waals surface area contributed by atoms with Crippen molar-refractivity contribution in [3.63, 3.8) is 0 Å². The van der Waals surface area contributed by atoms with Gasteiger partial charge in [0.25, 0.3) is 5.91 Å². The molecule has 5 heteroatoms. The maximum absolute atomic E-state index is 12.8. The lowest BCUT2D eigenvalue weighted by atomic mass is 10.1. The van der Waals surface area contributed by atoms with Crippen LogP contribution in [0.2, 0.25) is 0 Å². The highest BCUT2D eigenvalue weighted by atomic mass is 16.2. The first kappa shape index (κ1) is 17.2. The van der Waals surface area contributed by atoms with Crippen molar-refractivity contribution in [1.82, 2.24) is 15.1 Å². The molecule has 0 saturated carbocycles. The molecule has 1 atom stereocenters. The van der Waals surface area contributed by atoms with E-state index >= 15 is 0 Å². The van der Waals surface area contributed by atoms with Crippen LogP contribution in [0.5, 0.6) is 0 Å². The van der Waals surface area contributed by atoms with Crippen LogP contribution < -0.4 is 10.2 Å². The monoisotopic (exact) mass is 330 g/mol. The van der Waals surface area contributed by atoms with E-state index in [9.17, 15) is 4.79 Å². The van der Waals surface area contributed by atoms with E-state index in [4.69, 9.17) is 0 Å². The second-order valence-corrected chi connectivity index (χ2v) is 6.70. The number of carbonyl (C=O) groups is 1. The topological polar surface area (TPSA) is 38.8 Å². The Morgan fingerprint density at radius 1 is 1.12 bits per heavy atom. The summed E-state index contributed by atoms with van der Waals surface area (Å²) in [7, 11) is 0. The molecule has 1 aromatic carbocycles. The van der Waals surface area contributed by atoms with Crippen LogP contribution >= 0.6 is 0 Å². The fourth-order valence-corrected chi connectivity index (χ4v) is 3.86. The Kier molecular flexibility index (Phi) is 5.74. The van der Waals surface area contributed by atoms with E-state index in [0.29, 0.717) is 6.04 Å². The average molecular weight is 330 g/mol. The van der Waals surface area contributed by atoms with Gasteiger partial charge in [-0.3, -0.25) is 9.69 Å². The van der Waals surface area contributed by atoms with Crippen LogP contribution in [-0.4, -0.2) is 74.1 Å². The normalized spacial score (nSPS) is 21.9. The molecule has 24 heavy (non-hydrogen) atoms. The van der Waals surface area contributed by atoms with E-state index < -0.39 is 0 Å². The minimum atomic E-state index is 0.179. The third kappa shape index (κ3) is 3.73. The minimum absolute atomic E-state index is 0.179. The molecule has 1 unspecified atom stereocenters. The summed E-state index contributed by atoms with van der Waals surface area (Å²) in [4.78, 5) is 19.6. The molecule has 2 fully saturated rings. The van der Waals surface area contributed by atoms with Crippen molar-refractivity contribution in [2.45, 2.75) is 26.3 Å². The second kappa shape index (κ2) is 7.99. The SMILES string of the molecule is CCN(CC)c1ccc(C(=O)N2CCC(N3CCNCC3)C2)cc1. The molecule has 1 N–H and O–H groups in total. The van der Waals surface area contributed by atoms with Crippen LogP contribution in [0.25, 0.3) is 0 Å². The van der Waals surface area contributed by atoms with Crippen molar-refractivity contribution in [3.8, 4) is 0 Å². The third-order valence-electron chi connectivity index (χ3n) is 5.36. The van der Waals surface area contributed by atoms with Gasteiger partial charge in [-0.2, -0.15) is 0 Å². The zero-order chi connectivity index (χ0) is 16.9. The number of amides is 1. The molecule has 1 amide bonds. The summed E-state index contributed by atoms with van der Waals surface area (Å²) in [6.07, 6.45) is 1.10. The summed E-state index contributed by atoms with van der Waals surface area (Å²) in [5.74, 6) is 0.179. The number of nitrogens with zero attached hydrogens (tertiary/aromatic N) is 3. The highest BCUT2D eigenvalue weighted by Crippen LogP contribution is 2.20. The van der Waals surface area contributed by atoms with E-state index in [1.165, 1.54) is 5.69 Å². The fraction of sp³-hybridized carbons (Fsp3) is 0.632. The molecule has 0 radical (unpaired) electrons. The molecular formula is C19H30N4O. The Labute approximate surface area is 145 Å². The smallest absolute Gasteiger partial charge is 0.253 e. The average Bonchev–Trinajstić information content (AvgIpc) is 3.14. The van der Waals surface area contributed by atoms with E-state index in [1.54, 1.807) is 0 Å². The number of hydrogen-bond acceptors (Lipinski definition) is 4. The van der Waals surface area contributed by atoms with Gasteiger partial charge in [0.05, 0.1) is 0 Å². The number of anilines is 1. The Bertz CT molecular complexity index is 535. The van der Waals surface area contributed by atoms with Gasteiger partial charge in [0.2, 0.25) is 0 Å². The van der Waals surface area contributed by atoms with Gasteiger partial charge < -0.3 is 15.1 Å². The van der Waals surface area contributed by atoms with Crippen molar-refractivity contribution < 1.29 is 4.79 Å². The lowest BCUT2D eigenvalue weighted by Crippen LogP contribution is -2.49. The highest BCUT2D eigenvalue weighted by Gasteiger charge is 2.31. The molecule has 0 bridgehead atoms. The molecule has 2 aliphatic heterocycles. The number of carbonyl (C=O) groups excluding carboxylic acids is 1. The van der Waals surface area contributed by atoms with Crippen molar-refractivity contribution in [2.75, 3.05) is 57.3 Å². The number of rotatable bonds is 5. The number of likely N-dealkylation sites (tertiary alicyclic amines) is 1. The molecule has 0 spiro atoms. The Balaban J connectivity index is 1.60. The van der Waals surface area contributed by atoms with Crippen molar-refractivity contribution in [3.05, 3.63) is 29.8 Å². The Hall–Kier alpha value is -1.59. The molecule has 0 aliphatic carbocycles. The minimum Gasteiger partial charge on any atom is -0.372 e. The molecular weight excluding hydrogens is 300 g/mol. The standard InChI is InChI=1S/C19H30N4O/c1-3-21(4-2)17-7-5-16(6-8-17)19(24)23-12-9-18(15-23)22-13-10-20-11-14-22/h5-8,18,20H,3-4,9-15H2,1-2H3. The Morgan fingerprint density at radius 3 is 2.42 bits per heavy atom. The highest BCUT2D eigenvalue weighted by molar-refractivity contribution is 5.94. The Morgan fingerprint density at radius 2 is 1.79 bits per heavy atom. The largest absolute Gasteiger partial charge is 0.372 e. The van der Waals surface area contributed by atoms with Crippen LogP contribution in [0, 0.1) is 0 Å². The molecule has 5 nitrogen and oxygen atoms in total. The first-order valence-electron chi connectivity index (χ1n) is 9.32. The zero-order valence-corrected chi connectivity index (χ0v) is 15.0. The van der Waals surface area contributed by atoms with Crippen LogP contribution in [-0.2, 0) is 0 Å². The zero-order valence-electron chi connectivity index (χ0n) is 15.0. The van der Waals surface area contributed by atoms with Crippen molar-refractivity contribution in [1.29, 1.82) is 0 Å². The summed E-state index contributed by atoms with van der Waals surface area (Å²) in [6.45, 7) is 12.4. The van der Waals surface area contributed by atoms with Crippen molar-refractivity contribution in [2.24, 2.45) is 0 Å². The third-order valence-corrected chi connectivity index (χ3v) is 5.36. The van der Waals surface area contributed by atoms with Gasteiger partial charge in [0.1, 0.15) is 0 Å². The van der Waals surface area contributed by atoms with Crippen LogP contribution in [0.4, 0.5) is 5.69 Å². The van der Waals surface area contributed by atoms with Crippen LogP contribution in [0.1, 0.15) is 30.6 Å². The van der Waals surface area contributed by atoms with E-state index in [2.05, 4.69) is 41.1 Å². The predicted octanol–water partition coefficient (Wildman–Crippen LogP) is 1.65. The molecule has 132 valence electrons. The van der Waals surface area contributed by atoms with E-state index in [1.807, 2.05) is 17.0 Å². The van der Waals surface area contributed by atoms with Crippen molar-refractivity contribution >= 4 is 11.6 Å². The molecule has 2 saturated heterocycles. The number of benzene rings is 1. The first-order chi connectivity index (χ1) is 11.7. The summed E-state index contributed by atoms with van der Waals surface area (Å²) in [5.41, 5.74) is 2.00. The van der Waals surface area contributed by atoms with Gasteiger partial charge in [-0.15, -0.1) is 0 Å². The van der Waals surface area contributed by atoms with Gasteiger partial charge in [0.15, 0.2) is 0 Å².